The summed E-state index contributed by atoms with van der Waals surface area (Å²) in [7, 11) is 0. The number of rotatable bonds is 0. The van der Waals surface area contributed by atoms with Crippen molar-refractivity contribution in [1.82, 2.24) is 0 Å². The second-order valence-electron chi connectivity index (χ2n) is 5.01. The van der Waals surface area contributed by atoms with Crippen LogP contribution in [0.15, 0.2) is 54.6 Å². The summed E-state index contributed by atoms with van der Waals surface area (Å²) < 4.78 is 0. The van der Waals surface area contributed by atoms with Gasteiger partial charge in [0.25, 0.3) is 0 Å². The summed E-state index contributed by atoms with van der Waals surface area (Å²) in [4.78, 5) is 0. The van der Waals surface area contributed by atoms with Crippen LogP contribution in [-0.4, -0.2) is 0 Å². The van der Waals surface area contributed by atoms with Crippen molar-refractivity contribution in [3.63, 3.8) is 0 Å². The molecule has 0 atom stereocenters. The Morgan fingerprint density at radius 3 is 2.33 bits per heavy atom. The first kappa shape index (κ1) is 9.90. The van der Waals surface area contributed by atoms with E-state index in [4.69, 9.17) is 0 Å². The topological polar surface area (TPSA) is 0 Å². The van der Waals surface area contributed by atoms with Crippen LogP contribution in [0.1, 0.15) is 30.0 Å². The van der Waals surface area contributed by atoms with E-state index in [0.29, 0.717) is 0 Å². The molecule has 0 nitrogen and oxygen atoms in total. The fraction of sp³-hybridized carbons (Fsp3) is 0.111. The van der Waals surface area contributed by atoms with Crippen LogP contribution in [0.3, 0.4) is 0 Å². The van der Waals surface area contributed by atoms with Crippen molar-refractivity contribution in [1.29, 1.82) is 0 Å². The lowest BCUT2D eigenvalue weighted by molar-refractivity contribution is 1.40. The Kier molecular flexibility index (Phi) is 1.90. The highest BCUT2D eigenvalue weighted by Gasteiger charge is 2.26. The molecule has 0 radical (unpaired) electrons. The highest BCUT2D eigenvalue weighted by atomic mass is 14.3. The largest absolute Gasteiger partial charge is 0.0772 e. The molecular formula is C18H14. The van der Waals surface area contributed by atoms with Gasteiger partial charge in [0.15, 0.2) is 0 Å². The van der Waals surface area contributed by atoms with E-state index in [1.54, 1.807) is 0 Å². The van der Waals surface area contributed by atoms with Crippen molar-refractivity contribution in [3.05, 3.63) is 71.3 Å². The maximum Gasteiger partial charge on any atom is -0.00269 e. The highest BCUT2D eigenvalue weighted by molar-refractivity contribution is 6.05. The summed E-state index contributed by atoms with van der Waals surface area (Å²) in [6.07, 6.45) is 5.72. The minimum Gasteiger partial charge on any atom is -0.0772 e. The molecule has 2 aromatic rings. The summed E-state index contributed by atoms with van der Waals surface area (Å²) in [5, 5.41) is 0. The van der Waals surface area contributed by atoms with Gasteiger partial charge in [0.05, 0.1) is 0 Å². The van der Waals surface area contributed by atoms with Gasteiger partial charge in [0.2, 0.25) is 0 Å². The van der Waals surface area contributed by atoms with Gasteiger partial charge in [-0.1, -0.05) is 54.6 Å². The van der Waals surface area contributed by atoms with E-state index in [-0.39, 0.29) is 0 Å². The molecular weight excluding hydrogens is 216 g/mol. The SMILES string of the molecule is CC1=CCC=C2c3ccccc3-c3cccc1c32. The molecule has 0 saturated carbocycles. The lowest BCUT2D eigenvalue weighted by Crippen LogP contribution is -1.87. The third kappa shape index (κ3) is 1.15. The zero-order valence-corrected chi connectivity index (χ0v) is 10.4. The van der Waals surface area contributed by atoms with Crippen molar-refractivity contribution in [2.75, 3.05) is 0 Å². The Balaban J connectivity index is 2.16. The Morgan fingerprint density at radius 2 is 1.44 bits per heavy atom. The average molecular weight is 230 g/mol. The third-order valence-corrected chi connectivity index (χ3v) is 4.01. The molecule has 0 aliphatic heterocycles. The predicted molar refractivity (Wildman–Crippen MR) is 77.2 cm³/mol. The quantitative estimate of drug-likeness (QED) is 0.515. The second kappa shape index (κ2) is 3.46. The summed E-state index contributed by atoms with van der Waals surface area (Å²) >= 11 is 0. The smallest absolute Gasteiger partial charge is 0.00269 e. The monoisotopic (exact) mass is 230 g/mol. The van der Waals surface area contributed by atoms with E-state index in [0.717, 1.165) is 6.42 Å². The van der Waals surface area contributed by atoms with Gasteiger partial charge in [-0.25, -0.2) is 0 Å². The molecule has 0 spiro atoms. The first-order valence-corrected chi connectivity index (χ1v) is 6.47. The summed E-state index contributed by atoms with van der Waals surface area (Å²) in [5.41, 5.74) is 9.81. The summed E-state index contributed by atoms with van der Waals surface area (Å²) in [6, 6.07) is 15.4. The molecule has 0 amide bonds. The number of allylic oxidation sites excluding steroid dienone is 3. The lowest BCUT2D eigenvalue weighted by Gasteiger charge is -2.08. The van der Waals surface area contributed by atoms with Crippen molar-refractivity contribution in [2.24, 2.45) is 0 Å². The molecule has 18 heavy (non-hydrogen) atoms. The number of hydrogen-bond donors (Lipinski definition) is 0. The molecule has 0 unspecified atom stereocenters. The summed E-state index contributed by atoms with van der Waals surface area (Å²) in [6.45, 7) is 2.22. The van der Waals surface area contributed by atoms with Crippen molar-refractivity contribution in [3.8, 4) is 11.1 Å². The van der Waals surface area contributed by atoms with Crippen LogP contribution in [0.25, 0.3) is 22.3 Å². The van der Waals surface area contributed by atoms with Gasteiger partial charge in [-0.05, 0) is 52.3 Å². The Labute approximate surface area is 107 Å². The maximum absolute atomic E-state index is 2.37. The Bertz CT molecular complexity index is 715. The molecule has 4 rings (SSSR count). The van der Waals surface area contributed by atoms with E-state index >= 15 is 0 Å². The van der Waals surface area contributed by atoms with Crippen molar-refractivity contribution < 1.29 is 0 Å². The van der Waals surface area contributed by atoms with E-state index in [1.165, 1.54) is 39.0 Å². The molecule has 0 N–H and O–H groups in total. The third-order valence-electron chi connectivity index (χ3n) is 4.01. The van der Waals surface area contributed by atoms with Crippen LogP contribution in [0, 0.1) is 0 Å². The molecule has 0 bridgehead atoms. The van der Waals surface area contributed by atoms with Gasteiger partial charge >= 0.3 is 0 Å². The highest BCUT2D eigenvalue weighted by Crippen LogP contribution is 2.48. The van der Waals surface area contributed by atoms with Crippen molar-refractivity contribution in [2.45, 2.75) is 13.3 Å². The molecule has 0 heterocycles. The average Bonchev–Trinajstić information content (AvgIpc) is 2.63. The van der Waals surface area contributed by atoms with Gasteiger partial charge in [-0.15, -0.1) is 0 Å². The molecule has 0 fully saturated rings. The zero-order valence-electron chi connectivity index (χ0n) is 10.4. The minimum absolute atomic E-state index is 1.03. The van der Waals surface area contributed by atoms with Gasteiger partial charge in [-0.2, -0.15) is 0 Å². The molecule has 2 aliphatic carbocycles. The molecule has 0 aromatic heterocycles. The fourth-order valence-corrected chi connectivity index (χ4v) is 3.16. The normalized spacial score (nSPS) is 15.4. The minimum atomic E-state index is 1.03. The number of benzene rings is 2. The number of hydrogen-bond acceptors (Lipinski definition) is 0. The van der Waals surface area contributed by atoms with Crippen LogP contribution >= 0.6 is 0 Å². The van der Waals surface area contributed by atoms with Crippen molar-refractivity contribution >= 4 is 11.1 Å². The first-order chi connectivity index (χ1) is 8.86. The predicted octanol–water partition coefficient (Wildman–Crippen LogP) is 4.91. The fourth-order valence-electron chi connectivity index (χ4n) is 3.16. The van der Waals surface area contributed by atoms with Gasteiger partial charge < -0.3 is 0 Å². The lowest BCUT2D eigenvalue weighted by atomic mass is 9.95. The van der Waals surface area contributed by atoms with Crippen LogP contribution in [0.5, 0.6) is 0 Å². The van der Waals surface area contributed by atoms with Gasteiger partial charge in [0, 0.05) is 0 Å². The molecule has 0 heteroatoms. The molecule has 86 valence electrons. The van der Waals surface area contributed by atoms with Crippen LogP contribution < -0.4 is 0 Å². The zero-order chi connectivity index (χ0) is 12.1. The van der Waals surface area contributed by atoms with Gasteiger partial charge in [-0.3, -0.25) is 0 Å². The Morgan fingerprint density at radius 1 is 0.722 bits per heavy atom. The van der Waals surface area contributed by atoms with Gasteiger partial charge in [0.1, 0.15) is 0 Å². The maximum atomic E-state index is 2.37. The molecule has 2 aliphatic rings. The standard InChI is InChI=1S/C18H14/c1-12-6-4-10-16-14-7-2-3-8-15(14)17-11-5-9-13(12)18(16)17/h2-3,5-11H,4H2,1H3. The molecule has 2 aromatic carbocycles. The first-order valence-electron chi connectivity index (χ1n) is 6.47. The molecule has 0 saturated heterocycles. The van der Waals surface area contributed by atoms with Crippen LogP contribution in [-0.2, 0) is 0 Å². The Hall–Kier alpha value is -2.08. The number of fused-ring (bicyclic) bond motifs is 3. The van der Waals surface area contributed by atoms with Crippen LogP contribution in [0.4, 0.5) is 0 Å². The van der Waals surface area contributed by atoms with E-state index in [2.05, 4.69) is 61.5 Å². The van der Waals surface area contributed by atoms with Crippen LogP contribution in [0.2, 0.25) is 0 Å². The van der Waals surface area contributed by atoms with E-state index < -0.39 is 0 Å². The summed E-state index contributed by atoms with van der Waals surface area (Å²) in [5.74, 6) is 0. The van der Waals surface area contributed by atoms with E-state index in [9.17, 15) is 0 Å². The second-order valence-corrected chi connectivity index (χ2v) is 5.01. The van der Waals surface area contributed by atoms with E-state index in [1.807, 2.05) is 0 Å².